The number of benzene rings is 3. The van der Waals surface area contributed by atoms with Gasteiger partial charge in [0.15, 0.2) is 0 Å². The molecule has 1 fully saturated rings. The molecule has 1 saturated heterocycles. The number of amides is 1. The van der Waals surface area contributed by atoms with E-state index in [2.05, 4.69) is 10.2 Å². The number of rotatable bonds is 9. The van der Waals surface area contributed by atoms with Crippen LogP contribution in [0.4, 0.5) is 17.6 Å². The van der Waals surface area contributed by atoms with Crippen molar-refractivity contribution in [1.29, 1.82) is 0 Å². The van der Waals surface area contributed by atoms with E-state index in [0.29, 0.717) is 38.4 Å². The molecule has 0 aliphatic carbocycles. The van der Waals surface area contributed by atoms with Gasteiger partial charge >= 0.3 is 6.18 Å². The van der Waals surface area contributed by atoms with Gasteiger partial charge in [0, 0.05) is 62.2 Å². The first-order valence-electron chi connectivity index (χ1n) is 13.3. The summed E-state index contributed by atoms with van der Waals surface area (Å²) >= 11 is 0. The van der Waals surface area contributed by atoms with Crippen LogP contribution >= 0.6 is 0 Å². The quantitative estimate of drug-likeness (QED) is 0.266. The second-order valence-corrected chi connectivity index (χ2v) is 10.0. The molecule has 0 radical (unpaired) electrons. The van der Waals surface area contributed by atoms with E-state index >= 15 is 0 Å². The molecule has 40 heavy (non-hydrogen) atoms. The first-order valence-corrected chi connectivity index (χ1v) is 13.3. The fourth-order valence-electron chi connectivity index (χ4n) is 5.25. The van der Waals surface area contributed by atoms with Crippen LogP contribution in [0.15, 0.2) is 79.0 Å². The number of para-hydroxylation sites is 1. The molecule has 1 amide bonds. The number of ether oxygens (including phenoxy) is 1. The summed E-state index contributed by atoms with van der Waals surface area (Å²) in [6.07, 6.45) is -2.60. The van der Waals surface area contributed by atoms with Crippen molar-refractivity contribution in [2.24, 2.45) is 0 Å². The van der Waals surface area contributed by atoms with Crippen molar-refractivity contribution in [3.05, 3.63) is 107 Å². The normalized spacial score (nSPS) is 15.3. The van der Waals surface area contributed by atoms with E-state index in [1.165, 1.54) is 18.2 Å². The van der Waals surface area contributed by atoms with Gasteiger partial charge in [0.1, 0.15) is 5.82 Å². The van der Waals surface area contributed by atoms with Gasteiger partial charge in [-0.3, -0.25) is 9.69 Å². The van der Waals surface area contributed by atoms with E-state index in [1.54, 1.807) is 18.2 Å². The maximum atomic E-state index is 13.6. The zero-order valence-corrected chi connectivity index (χ0v) is 22.0. The average molecular weight is 554 g/mol. The number of nitrogens with one attached hydrogen (secondary N) is 1. The first kappa shape index (κ1) is 27.9. The van der Waals surface area contributed by atoms with Gasteiger partial charge in [0.05, 0.1) is 18.8 Å². The molecule has 0 saturated carbocycles. The lowest BCUT2D eigenvalue weighted by atomic mass is 9.87. The van der Waals surface area contributed by atoms with Crippen LogP contribution in [-0.4, -0.2) is 54.8 Å². The summed E-state index contributed by atoms with van der Waals surface area (Å²) in [6, 6.07) is 19.0. The molecule has 1 N–H and O–H groups in total. The van der Waals surface area contributed by atoms with E-state index < -0.39 is 17.7 Å². The maximum Gasteiger partial charge on any atom is 0.416 e. The molecule has 3 aromatic carbocycles. The van der Waals surface area contributed by atoms with E-state index in [4.69, 9.17) is 4.74 Å². The van der Waals surface area contributed by atoms with Crippen molar-refractivity contribution < 1.29 is 27.1 Å². The summed E-state index contributed by atoms with van der Waals surface area (Å²) in [6.45, 7) is 4.50. The lowest BCUT2D eigenvalue weighted by Gasteiger charge is -2.26. The number of carbonyl (C=O) groups is 1. The van der Waals surface area contributed by atoms with E-state index in [0.717, 1.165) is 47.3 Å². The van der Waals surface area contributed by atoms with Gasteiger partial charge in [-0.15, -0.1) is 0 Å². The zero-order chi connectivity index (χ0) is 28.1. The van der Waals surface area contributed by atoms with E-state index in [-0.39, 0.29) is 18.1 Å². The third-order valence-corrected chi connectivity index (χ3v) is 7.32. The minimum atomic E-state index is -4.50. The Kier molecular flexibility index (Phi) is 8.52. The zero-order valence-electron chi connectivity index (χ0n) is 22.0. The van der Waals surface area contributed by atoms with Crippen LogP contribution in [0, 0.1) is 5.82 Å². The Morgan fingerprint density at radius 3 is 2.48 bits per heavy atom. The van der Waals surface area contributed by atoms with Gasteiger partial charge in [-0.1, -0.05) is 48.5 Å². The smallest absolute Gasteiger partial charge is 0.379 e. The Morgan fingerprint density at radius 1 is 0.975 bits per heavy atom. The summed E-state index contributed by atoms with van der Waals surface area (Å²) in [5.41, 5.74) is 2.19. The number of alkyl halides is 3. The maximum absolute atomic E-state index is 13.6. The van der Waals surface area contributed by atoms with Gasteiger partial charge in [0.25, 0.3) is 0 Å². The molecule has 5 rings (SSSR count). The van der Waals surface area contributed by atoms with Crippen molar-refractivity contribution in [2.45, 2.75) is 25.1 Å². The molecule has 1 aliphatic heterocycles. The predicted octanol–water partition coefficient (Wildman–Crippen LogP) is 5.82. The molecule has 1 unspecified atom stereocenters. The van der Waals surface area contributed by atoms with Crippen LogP contribution in [0.2, 0.25) is 0 Å². The fraction of sp³-hybridized carbons (Fsp3) is 0.323. The summed E-state index contributed by atoms with van der Waals surface area (Å²) in [7, 11) is 0. The van der Waals surface area contributed by atoms with Crippen molar-refractivity contribution in [3.63, 3.8) is 0 Å². The highest BCUT2D eigenvalue weighted by atomic mass is 19.4. The molecule has 210 valence electrons. The highest BCUT2D eigenvalue weighted by Gasteiger charge is 2.32. The monoisotopic (exact) mass is 553 g/mol. The highest BCUT2D eigenvalue weighted by Crippen LogP contribution is 2.38. The van der Waals surface area contributed by atoms with Crippen molar-refractivity contribution >= 4 is 16.8 Å². The molecule has 1 aromatic heterocycles. The van der Waals surface area contributed by atoms with Gasteiger partial charge in [-0.2, -0.15) is 13.2 Å². The number of carbonyl (C=O) groups excluding carboxylic acids is 1. The number of morpholine rings is 1. The Balaban J connectivity index is 1.46. The molecule has 4 aromatic rings. The fourth-order valence-corrected chi connectivity index (χ4v) is 5.25. The Hall–Kier alpha value is -3.69. The second kappa shape index (κ2) is 12.2. The van der Waals surface area contributed by atoms with E-state index in [1.807, 2.05) is 35.0 Å². The number of fused-ring (bicyclic) bond motifs is 1. The average Bonchev–Trinajstić information content (AvgIpc) is 3.31. The number of nitrogens with zero attached hydrogens (tertiary/aromatic N) is 2. The highest BCUT2D eigenvalue weighted by molar-refractivity contribution is 5.86. The summed E-state index contributed by atoms with van der Waals surface area (Å²) in [4.78, 5) is 15.4. The van der Waals surface area contributed by atoms with Crippen LogP contribution in [0.1, 0.15) is 34.6 Å². The lowest BCUT2D eigenvalue weighted by Crippen LogP contribution is -2.41. The third kappa shape index (κ3) is 6.71. The molecule has 9 heteroatoms. The minimum absolute atomic E-state index is 0.00498. The number of hydrogen-bond donors (Lipinski definition) is 1. The Morgan fingerprint density at radius 2 is 1.73 bits per heavy atom. The second-order valence-electron chi connectivity index (χ2n) is 10.0. The van der Waals surface area contributed by atoms with Crippen LogP contribution in [-0.2, 0) is 22.3 Å². The molecule has 1 aliphatic rings. The van der Waals surface area contributed by atoms with Gasteiger partial charge < -0.3 is 14.6 Å². The summed E-state index contributed by atoms with van der Waals surface area (Å²) in [5.74, 6) is -1.16. The summed E-state index contributed by atoms with van der Waals surface area (Å²) in [5, 5.41) is 3.81. The largest absolute Gasteiger partial charge is 0.416 e. The van der Waals surface area contributed by atoms with Crippen LogP contribution in [0.25, 0.3) is 10.9 Å². The van der Waals surface area contributed by atoms with Crippen molar-refractivity contribution in [1.82, 2.24) is 14.8 Å². The topological polar surface area (TPSA) is 46.5 Å². The molecular formula is C31H31F4N3O2. The first-order chi connectivity index (χ1) is 19.3. The van der Waals surface area contributed by atoms with Crippen molar-refractivity contribution in [2.75, 3.05) is 39.4 Å². The molecule has 1 atom stereocenters. The van der Waals surface area contributed by atoms with Gasteiger partial charge in [-0.25, -0.2) is 4.39 Å². The molecule has 0 bridgehead atoms. The minimum Gasteiger partial charge on any atom is -0.379 e. The Labute approximate surface area is 230 Å². The number of halogens is 4. The lowest BCUT2D eigenvalue weighted by molar-refractivity contribution is -0.137. The Bertz CT molecular complexity index is 1440. The van der Waals surface area contributed by atoms with Crippen LogP contribution < -0.4 is 5.32 Å². The van der Waals surface area contributed by atoms with Crippen molar-refractivity contribution in [3.8, 4) is 0 Å². The molecule has 2 heterocycles. The predicted molar refractivity (Wildman–Crippen MR) is 146 cm³/mol. The van der Waals surface area contributed by atoms with Gasteiger partial charge in [0.2, 0.25) is 5.91 Å². The summed E-state index contributed by atoms with van der Waals surface area (Å²) < 4.78 is 61.8. The SMILES string of the molecule is O=C(CC(c1cccc(C(F)(F)F)c1)c1cn(Cc2ccc(F)cc2)c2ccccc12)NCCN1CCOCC1. The van der Waals surface area contributed by atoms with E-state index in [9.17, 15) is 22.4 Å². The third-order valence-electron chi connectivity index (χ3n) is 7.32. The number of aromatic nitrogens is 1. The molecule has 0 spiro atoms. The molecule has 5 nitrogen and oxygen atoms in total. The standard InChI is InChI=1S/C31H31F4N3O2/c32-25-10-8-22(9-11-25)20-38-21-28(26-6-1-2-7-29(26)38)27(23-4-3-5-24(18-23)31(33,34)35)19-30(39)36-12-13-37-14-16-40-17-15-37/h1-11,18,21,27H,12-17,19-20H2,(H,36,39). The van der Waals surface area contributed by atoms with Gasteiger partial charge in [-0.05, 0) is 41.0 Å². The van der Waals surface area contributed by atoms with Crippen LogP contribution in [0.5, 0.6) is 0 Å². The van der Waals surface area contributed by atoms with Crippen LogP contribution in [0.3, 0.4) is 0 Å². The molecular weight excluding hydrogens is 522 g/mol. The number of hydrogen-bond acceptors (Lipinski definition) is 3.